The first-order chi connectivity index (χ1) is 9.33. The topological polar surface area (TPSA) is 58.1 Å². The van der Waals surface area contributed by atoms with Crippen LogP contribution in [0, 0.1) is 5.92 Å². The van der Waals surface area contributed by atoms with E-state index >= 15 is 0 Å². The Hall–Kier alpha value is -1.65. The average Bonchev–Trinajstić information content (AvgIpc) is 2.38. The van der Waals surface area contributed by atoms with Gasteiger partial charge in [-0.2, -0.15) is 0 Å². The molecule has 1 saturated carbocycles. The van der Waals surface area contributed by atoms with E-state index in [9.17, 15) is 4.79 Å². The third kappa shape index (κ3) is 2.85. The summed E-state index contributed by atoms with van der Waals surface area (Å²) in [6, 6.07) is 0. The summed E-state index contributed by atoms with van der Waals surface area (Å²) >= 11 is 0. The normalized spacial score (nSPS) is 19.9. The molecule has 1 saturated heterocycles. The van der Waals surface area contributed by atoms with Gasteiger partial charge in [0.2, 0.25) is 11.9 Å². The minimum absolute atomic E-state index is 0.112. The van der Waals surface area contributed by atoms with Gasteiger partial charge in [0.15, 0.2) is 0 Å². The van der Waals surface area contributed by atoms with Crippen molar-refractivity contribution in [1.29, 1.82) is 0 Å². The van der Waals surface area contributed by atoms with Crippen LogP contribution in [-0.2, 0) is 4.79 Å². The zero-order chi connectivity index (χ0) is 13.1. The van der Waals surface area contributed by atoms with Crippen molar-refractivity contribution in [2.45, 2.75) is 38.5 Å². The molecule has 1 aliphatic carbocycles. The van der Waals surface area contributed by atoms with Crippen molar-refractivity contribution >= 4 is 17.5 Å². The summed E-state index contributed by atoms with van der Waals surface area (Å²) in [7, 11) is 0. The number of rotatable bonds is 3. The summed E-state index contributed by atoms with van der Waals surface area (Å²) in [6.07, 6.45) is 10.3. The number of carbonyl (C=O) groups is 1. The fourth-order valence-corrected chi connectivity index (χ4v) is 2.56. The molecule has 2 aliphatic rings. The van der Waals surface area contributed by atoms with Gasteiger partial charge in [-0.1, -0.05) is 6.42 Å². The van der Waals surface area contributed by atoms with Crippen LogP contribution >= 0.6 is 0 Å². The highest BCUT2D eigenvalue weighted by molar-refractivity contribution is 5.92. The van der Waals surface area contributed by atoms with Crippen LogP contribution in [0.25, 0.3) is 0 Å². The molecule has 3 rings (SSSR count). The highest BCUT2D eigenvalue weighted by Crippen LogP contribution is 2.27. The van der Waals surface area contributed by atoms with Crippen LogP contribution < -0.4 is 10.2 Å². The standard InChI is InChI=1S/C14H20N4O/c19-13(11-5-4-6-11)17-12-9-15-14(16-10-12)18-7-2-1-3-8-18/h9-11H,1-8H2,(H,17,19). The van der Waals surface area contributed by atoms with Crippen molar-refractivity contribution in [3.05, 3.63) is 12.4 Å². The van der Waals surface area contributed by atoms with Crippen LogP contribution in [-0.4, -0.2) is 29.0 Å². The van der Waals surface area contributed by atoms with E-state index in [1.54, 1.807) is 12.4 Å². The number of anilines is 2. The Labute approximate surface area is 113 Å². The summed E-state index contributed by atoms with van der Waals surface area (Å²) in [6.45, 7) is 2.07. The van der Waals surface area contributed by atoms with Crippen LogP contribution in [0.15, 0.2) is 12.4 Å². The van der Waals surface area contributed by atoms with Crippen LogP contribution in [0.3, 0.4) is 0 Å². The van der Waals surface area contributed by atoms with Gasteiger partial charge in [0, 0.05) is 19.0 Å². The van der Waals surface area contributed by atoms with Gasteiger partial charge in [0.05, 0.1) is 18.1 Å². The number of piperidine rings is 1. The number of hydrogen-bond donors (Lipinski definition) is 1. The predicted octanol–water partition coefficient (Wildman–Crippen LogP) is 2.21. The zero-order valence-corrected chi connectivity index (χ0v) is 11.1. The molecule has 0 aromatic carbocycles. The molecule has 1 amide bonds. The molecule has 2 fully saturated rings. The quantitative estimate of drug-likeness (QED) is 0.905. The van der Waals surface area contributed by atoms with Crippen LogP contribution in [0.1, 0.15) is 38.5 Å². The molecule has 1 aromatic rings. The fourth-order valence-electron chi connectivity index (χ4n) is 2.56. The summed E-state index contributed by atoms with van der Waals surface area (Å²) in [5.74, 6) is 1.09. The summed E-state index contributed by atoms with van der Waals surface area (Å²) in [5, 5.41) is 2.89. The molecule has 0 spiro atoms. The Kier molecular flexibility index (Phi) is 3.62. The molecule has 102 valence electrons. The maximum absolute atomic E-state index is 11.8. The van der Waals surface area contributed by atoms with Crippen molar-refractivity contribution in [1.82, 2.24) is 9.97 Å². The molecule has 0 bridgehead atoms. The van der Waals surface area contributed by atoms with Crippen molar-refractivity contribution in [2.24, 2.45) is 5.92 Å². The molecule has 0 radical (unpaired) electrons. The molecule has 5 heteroatoms. The number of hydrogen-bond acceptors (Lipinski definition) is 4. The smallest absolute Gasteiger partial charge is 0.227 e. The Balaban J connectivity index is 1.59. The Morgan fingerprint density at radius 2 is 1.79 bits per heavy atom. The molecular weight excluding hydrogens is 240 g/mol. The highest BCUT2D eigenvalue weighted by atomic mass is 16.1. The lowest BCUT2D eigenvalue weighted by Gasteiger charge is -2.26. The first-order valence-corrected chi connectivity index (χ1v) is 7.21. The number of nitrogens with zero attached hydrogens (tertiary/aromatic N) is 3. The second-order valence-corrected chi connectivity index (χ2v) is 5.44. The van der Waals surface area contributed by atoms with E-state index in [-0.39, 0.29) is 11.8 Å². The number of carbonyl (C=O) groups excluding carboxylic acids is 1. The first kappa shape index (κ1) is 12.4. The second-order valence-electron chi connectivity index (χ2n) is 5.44. The third-order valence-corrected chi connectivity index (χ3v) is 4.02. The van der Waals surface area contributed by atoms with Crippen molar-refractivity contribution in [2.75, 3.05) is 23.3 Å². The average molecular weight is 260 g/mol. The van der Waals surface area contributed by atoms with Gasteiger partial charge < -0.3 is 10.2 Å². The van der Waals surface area contributed by atoms with Gasteiger partial charge in [-0.3, -0.25) is 4.79 Å². The van der Waals surface area contributed by atoms with E-state index in [0.717, 1.165) is 31.9 Å². The van der Waals surface area contributed by atoms with Crippen LogP contribution in [0.5, 0.6) is 0 Å². The first-order valence-electron chi connectivity index (χ1n) is 7.21. The van der Waals surface area contributed by atoms with Crippen LogP contribution in [0.4, 0.5) is 11.6 Å². The van der Waals surface area contributed by atoms with E-state index in [1.807, 2.05) is 0 Å². The third-order valence-electron chi connectivity index (χ3n) is 4.02. The zero-order valence-electron chi connectivity index (χ0n) is 11.1. The van der Waals surface area contributed by atoms with Gasteiger partial charge in [-0.05, 0) is 32.1 Å². The molecule has 0 atom stereocenters. The van der Waals surface area contributed by atoms with Gasteiger partial charge in [0.25, 0.3) is 0 Å². The largest absolute Gasteiger partial charge is 0.341 e. The van der Waals surface area contributed by atoms with E-state index in [4.69, 9.17) is 0 Å². The van der Waals surface area contributed by atoms with E-state index in [0.29, 0.717) is 5.69 Å². The Morgan fingerprint density at radius 1 is 1.11 bits per heavy atom. The lowest BCUT2D eigenvalue weighted by molar-refractivity contribution is -0.122. The predicted molar refractivity (Wildman–Crippen MR) is 74.1 cm³/mol. The molecule has 2 heterocycles. The molecule has 1 N–H and O–H groups in total. The highest BCUT2D eigenvalue weighted by Gasteiger charge is 2.25. The molecular formula is C14H20N4O. The molecule has 5 nitrogen and oxygen atoms in total. The lowest BCUT2D eigenvalue weighted by atomic mass is 9.85. The number of amides is 1. The van der Waals surface area contributed by atoms with E-state index < -0.39 is 0 Å². The fraction of sp³-hybridized carbons (Fsp3) is 0.643. The molecule has 1 aromatic heterocycles. The summed E-state index contributed by atoms with van der Waals surface area (Å²) in [5.41, 5.74) is 0.706. The second kappa shape index (κ2) is 5.55. The molecule has 0 unspecified atom stereocenters. The lowest BCUT2D eigenvalue weighted by Crippen LogP contribution is -2.31. The van der Waals surface area contributed by atoms with Crippen molar-refractivity contribution in [3.63, 3.8) is 0 Å². The summed E-state index contributed by atoms with van der Waals surface area (Å²) in [4.78, 5) is 22.7. The van der Waals surface area contributed by atoms with Gasteiger partial charge in [-0.25, -0.2) is 9.97 Å². The van der Waals surface area contributed by atoms with E-state index in [1.165, 1.54) is 25.7 Å². The molecule has 19 heavy (non-hydrogen) atoms. The number of nitrogens with one attached hydrogen (secondary N) is 1. The number of aromatic nitrogens is 2. The maximum Gasteiger partial charge on any atom is 0.227 e. The minimum atomic E-state index is 0.112. The Morgan fingerprint density at radius 3 is 2.37 bits per heavy atom. The van der Waals surface area contributed by atoms with Gasteiger partial charge in [-0.15, -0.1) is 0 Å². The van der Waals surface area contributed by atoms with Crippen LogP contribution in [0.2, 0.25) is 0 Å². The maximum atomic E-state index is 11.8. The van der Waals surface area contributed by atoms with Gasteiger partial charge in [0.1, 0.15) is 0 Å². The monoisotopic (exact) mass is 260 g/mol. The van der Waals surface area contributed by atoms with Crippen molar-refractivity contribution in [3.8, 4) is 0 Å². The summed E-state index contributed by atoms with van der Waals surface area (Å²) < 4.78 is 0. The minimum Gasteiger partial charge on any atom is -0.341 e. The van der Waals surface area contributed by atoms with Crippen molar-refractivity contribution < 1.29 is 4.79 Å². The Bertz CT molecular complexity index is 435. The molecule has 1 aliphatic heterocycles. The SMILES string of the molecule is O=C(Nc1cnc(N2CCCCC2)nc1)C1CCC1. The van der Waals surface area contributed by atoms with Gasteiger partial charge >= 0.3 is 0 Å². The van der Waals surface area contributed by atoms with E-state index in [2.05, 4.69) is 20.2 Å².